The van der Waals surface area contributed by atoms with Crippen LogP contribution in [0.3, 0.4) is 0 Å². The molecule has 0 unspecified atom stereocenters. The third-order valence-corrected chi connectivity index (χ3v) is 11.8. The molecule has 8 heteroatoms. The SMILES string of the molecule is C=Cc1cc(-c2nnc(-c3ccc(CCCCCCCCCCCCOC(C)(C)C)cc3)o2)ccc1-c1nnc(-c2ccc(CCCCCCCCCCCCOC(C)(C)C)cc2)o1. The largest absolute Gasteiger partial charge is 0.416 e. The van der Waals surface area contributed by atoms with E-state index in [0.29, 0.717) is 23.6 Å². The molecule has 0 aliphatic carbocycles. The van der Waals surface area contributed by atoms with Gasteiger partial charge >= 0.3 is 0 Å². The molecule has 0 radical (unpaired) electrons. The molecule has 0 N–H and O–H groups in total. The molecule has 348 valence electrons. The number of aryl methyl sites for hydroxylation is 2. The van der Waals surface area contributed by atoms with E-state index in [1.54, 1.807) is 6.08 Å². The average Bonchev–Trinajstić information content (AvgIpc) is 3.98. The van der Waals surface area contributed by atoms with Crippen LogP contribution in [0.25, 0.3) is 51.9 Å². The predicted octanol–water partition coefficient (Wildman–Crippen LogP) is 16.3. The van der Waals surface area contributed by atoms with E-state index < -0.39 is 0 Å². The monoisotopic (exact) mass is 873 g/mol. The van der Waals surface area contributed by atoms with Crippen LogP contribution >= 0.6 is 0 Å². The fraction of sp³-hybridized carbons (Fsp3) is 0.571. The van der Waals surface area contributed by atoms with Crippen LogP contribution in [-0.4, -0.2) is 44.8 Å². The Hall–Kier alpha value is -4.40. The first-order chi connectivity index (χ1) is 31.0. The maximum absolute atomic E-state index is 6.19. The third-order valence-electron chi connectivity index (χ3n) is 11.8. The zero-order valence-electron chi connectivity index (χ0n) is 40.5. The van der Waals surface area contributed by atoms with Gasteiger partial charge < -0.3 is 18.3 Å². The van der Waals surface area contributed by atoms with E-state index in [1.807, 2.05) is 18.2 Å². The highest BCUT2D eigenvalue weighted by atomic mass is 16.5. The highest BCUT2D eigenvalue weighted by Gasteiger charge is 2.17. The van der Waals surface area contributed by atoms with Crippen LogP contribution in [0.5, 0.6) is 0 Å². The molecule has 0 fully saturated rings. The summed E-state index contributed by atoms with van der Waals surface area (Å²) in [6, 6.07) is 22.9. The topological polar surface area (TPSA) is 96.3 Å². The number of unbranched alkanes of at least 4 members (excludes halogenated alkanes) is 18. The van der Waals surface area contributed by atoms with E-state index in [9.17, 15) is 0 Å². The molecule has 5 rings (SSSR count). The molecule has 64 heavy (non-hydrogen) atoms. The summed E-state index contributed by atoms with van der Waals surface area (Å²) < 4.78 is 24.0. The van der Waals surface area contributed by atoms with E-state index in [4.69, 9.17) is 18.3 Å². The Kier molecular flexibility index (Phi) is 21.5. The number of hydrogen-bond acceptors (Lipinski definition) is 8. The van der Waals surface area contributed by atoms with Gasteiger partial charge in [0.15, 0.2) is 0 Å². The molecule has 2 aromatic heterocycles. The summed E-state index contributed by atoms with van der Waals surface area (Å²) in [4.78, 5) is 0. The Morgan fingerprint density at radius 2 is 0.750 bits per heavy atom. The van der Waals surface area contributed by atoms with Crippen LogP contribution in [0.2, 0.25) is 0 Å². The van der Waals surface area contributed by atoms with Gasteiger partial charge in [-0.2, -0.15) is 0 Å². The fourth-order valence-corrected chi connectivity index (χ4v) is 8.04. The van der Waals surface area contributed by atoms with Crippen molar-refractivity contribution in [3.8, 4) is 45.8 Å². The van der Waals surface area contributed by atoms with Gasteiger partial charge in [-0.3, -0.25) is 0 Å². The zero-order chi connectivity index (χ0) is 45.5. The Morgan fingerprint density at radius 1 is 0.422 bits per heavy atom. The minimum absolute atomic E-state index is 0.0141. The molecule has 0 aliphatic heterocycles. The standard InChI is InChI=1S/C56H80N4O4/c1-8-46-43-49(53-59-57-51(63-53)47-35-31-44(32-36-47)29-25-21-17-13-9-11-15-19-23-27-41-61-55(2,3)4)39-40-50(46)54-60-58-52(64-54)48-37-33-45(34-38-48)30-26-22-18-14-10-12-16-20-24-28-42-62-56(5,6)7/h8,31-40,43H,1,9-30,41-42H2,2-7H3. The molecule has 0 spiro atoms. The Labute approximate surface area is 386 Å². The fourth-order valence-electron chi connectivity index (χ4n) is 8.04. The lowest BCUT2D eigenvalue weighted by Gasteiger charge is -2.19. The van der Waals surface area contributed by atoms with Crippen LogP contribution in [0.1, 0.15) is 187 Å². The van der Waals surface area contributed by atoms with Crippen molar-refractivity contribution < 1.29 is 18.3 Å². The van der Waals surface area contributed by atoms with Crippen molar-refractivity contribution in [2.24, 2.45) is 0 Å². The summed E-state index contributed by atoms with van der Waals surface area (Å²) in [7, 11) is 0. The zero-order valence-corrected chi connectivity index (χ0v) is 40.5. The van der Waals surface area contributed by atoms with Crippen molar-refractivity contribution in [3.63, 3.8) is 0 Å². The predicted molar refractivity (Wildman–Crippen MR) is 265 cm³/mol. The first-order valence-corrected chi connectivity index (χ1v) is 24.9. The van der Waals surface area contributed by atoms with Crippen molar-refractivity contribution in [1.82, 2.24) is 20.4 Å². The Morgan fingerprint density at radius 3 is 1.14 bits per heavy atom. The quantitative estimate of drug-likeness (QED) is 0.0406. The number of rotatable bonds is 31. The summed E-state index contributed by atoms with van der Waals surface area (Å²) in [6.45, 7) is 18.6. The van der Waals surface area contributed by atoms with Gasteiger partial charge in [0, 0.05) is 35.5 Å². The Bertz CT molecular complexity index is 2030. The second-order valence-electron chi connectivity index (χ2n) is 19.7. The molecule has 0 aliphatic rings. The van der Waals surface area contributed by atoms with Crippen LogP contribution in [0, 0.1) is 0 Å². The second-order valence-corrected chi connectivity index (χ2v) is 19.7. The van der Waals surface area contributed by atoms with E-state index in [2.05, 4.69) is 117 Å². The van der Waals surface area contributed by atoms with Crippen LogP contribution < -0.4 is 0 Å². The van der Waals surface area contributed by atoms with Gasteiger partial charge in [0.2, 0.25) is 23.6 Å². The van der Waals surface area contributed by atoms with Gasteiger partial charge in [0.1, 0.15) is 0 Å². The van der Waals surface area contributed by atoms with Crippen molar-refractivity contribution in [2.75, 3.05) is 13.2 Å². The molecular formula is C56H80N4O4. The van der Waals surface area contributed by atoms with Gasteiger partial charge in [0.05, 0.1) is 11.2 Å². The average molecular weight is 873 g/mol. The first-order valence-electron chi connectivity index (χ1n) is 24.9. The van der Waals surface area contributed by atoms with Crippen molar-refractivity contribution >= 4 is 6.08 Å². The van der Waals surface area contributed by atoms with E-state index in [1.165, 1.54) is 140 Å². The minimum Gasteiger partial charge on any atom is -0.416 e. The minimum atomic E-state index is -0.0144. The number of hydrogen-bond donors (Lipinski definition) is 0. The van der Waals surface area contributed by atoms with Gasteiger partial charge in [-0.1, -0.05) is 140 Å². The van der Waals surface area contributed by atoms with Crippen molar-refractivity contribution in [1.29, 1.82) is 0 Å². The van der Waals surface area contributed by atoms with E-state index in [0.717, 1.165) is 53.9 Å². The van der Waals surface area contributed by atoms with Gasteiger partial charge in [-0.15, -0.1) is 20.4 Å². The highest BCUT2D eigenvalue weighted by molar-refractivity contribution is 5.75. The molecular weight excluding hydrogens is 793 g/mol. The molecule has 2 heterocycles. The molecule has 0 saturated heterocycles. The lowest BCUT2D eigenvalue weighted by Crippen LogP contribution is -2.19. The Balaban J connectivity index is 0.976. The molecule has 5 aromatic rings. The summed E-state index contributed by atoms with van der Waals surface area (Å²) >= 11 is 0. The number of ether oxygens (including phenoxy) is 2. The summed E-state index contributed by atoms with van der Waals surface area (Å²) in [5, 5.41) is 17.5. The number of benzene rings is 3. The summed E-state index contributed by atoms with van der Waals surface area (Å²) in [6.07, 6.45) is 30.0. The van der Waals surface area contributed by atoms with Crippen LogP contribution in [-0.2, 0) is 22.3 Å². The lowest BCUT2D eigenvalue weighted by molar-refractivity contribution is -0.00511. The first kappa shape index (κ1) is 50.6. The molecule has 3 aromatic carbocycles. The molecule has 0 bridgehead atoms. The number of aromatic nitrogens is 4. The van der Waals surface area contributed by atoms with Crippen LogP contribution in [0.4, 0.5) is 0 Å². The smallest absolute Gasteiger partial charge is 0.248 e. The molecule has 0 atom stereocenters. The van der Waals surface area contributed by atoms with Crippen molar-refractivity contribution in [2.45, 2.75) is 194 Å². The molecule has 8 nitrogen and oxygen atoms in total. The van der Waals surface area contributed by atoms with E-state index >= 15 is 0 Å². The van der Waals surface area contributed by atoms with Crippen molar-refractivity contribution in [3.05, 3.63) is 90.0 Å². The maximum atomic E-state index is 6.19. The normalized spacial score (nSPS) is 12.0. The van der Waals surface area contributed by atoms with Crippen LogP contribution in [0.15, 0.2) is 82.1 Å². The second kappa shape index (κ2) is 27.2. The highest BCUT2D eigenvalue weighted by Crippen LogP contribution is 2.32. The molecule has 0 amide bonds. The summed E-state index contributed by atoms with van der Waals surface area (Å²) in [5.41, 5.74) is 6.93. The maximum Gasteiger partial charge on any atom is 0.248 e. The van der Waals surface area contributed by atoms with E-state index in [-0.39, 0.29) is 11.2 Å². The summed E-state index contributed by atoms with van der Waals surface area (Å²) in [5.74, 6) is 1.89. The van der Waals surface area contributed by atoms with Gasteiger partial charge in [-0.05, 0) is 139 Å². The van der Waals surface area contributed by atoms with Gasteiger partial charge in [0.25, 0.3) is 0 Å². The number of nitrogens with zero attached hydrogens (tertiary/aromatic N) is 4. The third kappa shape index (κ3) is 19.0. The molecule has 0 saturated carbocycles. The van der Waals surface area contributed by atoms with Gasteiger partial charge in [-0.25, -0.2) is 0 Å². The lowest BCUT2D eigenvalue weighted by atomic mass is 10.0.